The molecule has 2 aromatic rings. The van der Waals surface area contributed by atoms with Gasteiger partial charge in [-0.3, -0.25) is 0 Å². The van der Waals surface area contributed by atoms with Gasteiger partial charge in [-0.25, -0.2) is 0 Å². The first-order chi connectivity index (χ1) is 7.16. The van der Waals surface area contributed by atoms with Gasteiger partial charge in [0.15, 0.2) is 9.74 Å². The van der Waals surface area contributed by atoms with Crippen LogP contribution in [0.4, 0.5) is 5.13 Å². The number of halogens is 1. The third kappa shape index (κ3) is 2.32. The van der Waals surface area contributed by atoms with E-state index < -0.39 is 0 Å². The van der Waals surface area contributed by atoms with Crippen LogP contribution in [0.2, 0.25) is 0 Å². The highest BCUT2D eigenvalue weighted by atomic mass is 79.9. The minimum atomic E-state index is 0.0531. The normalized spacial score (nSPS) is 12.7. The van der Waals surface area contributed by atoms with Crippen LogP contribution in [0.15, 0.2) is 10.2 Å². The Hall–Kier alpha value is -1.02. The summed E-state index contributed by atoms with van der Waals surface area (Å²) in [6.45, 7) is 2.00. The molecule has 1 unspecified atom stereocenters. The Morgan fingerprint density at radius 2 is 2.27 bits per heavy atom. The molecule has 0 fully saturated rings. The fourth-order valence-corrected chi connectivity index (χ4v) is 2.30. The number of hydrogen-bond acceptors (Lipinski definition) is 6. The Kier molecular flexibility index (Phi) is 2.96. The quantitative estimate of drug-likeness (QED) is 0.929. The van der Waals surface area contributed by atoms with Crippen molar-refractivity contribution in [3.8, 4) is 0 Å². The molecule has 0 bridgehead atoms. The molecule has 0 aromatic carbocycles. The maximum atomic E-state index is 4.01. The molecular formula is C7H9BrN6S. The van der Waals surface area contributed by atoms with Crippen LogP contribution in [0.3, 0.4) is 0 Å². The maximum Gasteiger partial charge on any atom is 0.207 e. The summed E-state index contributed by atoms with van der Waals surface area (Å²) in [5.74, 6) is 0.862. The second-order valence-corrected chi connectivity index (χ2v) is 5.28. The SMILES string of the molecule is CC(Nc1nnc(Br)s1)c1nncn1C. The van der Waals surface area contributed by atoms with Crippen molar-refractivity contribution in [1.82, 2.24) is 25.0 Å². The second kappa shape index (κ2) is 4.23. The van der Waals surface area contributed by atoms with Crippen LogP contribution < -0.4 is 5.32 Å². The number of rotatable bonds is 3. The van der Waals surface area contributed by atoms with E-state index in [1.54, 1.807) is 6.33 Å². The zero-order valence-corrected chi connectivity index (χ0v) is 10.6. The van der Waals surface area contributed by atoms with Gasteiger partial charge in [-0.1, -0.05) is 11.3 Å². The van der Waals surface area contributed by atoms with Gasteiger partial charge in [0.05, 0.1) is 6.04 Å². The van der Waals surface area contributed by atoms with E-state index in [4.69, 9.17) is 0 Å². The largest absolute Gasteiger partial charge is 0.350 e. The number of anilines is 1. The number of hydrogen-bond donors (Lipinski definition) is 1. The summed E-state index contributed by atoms with van der Waals surface area (Å²) in [7, 11) is 1.91. The standard InChI is InChI=1S/C7H9BrN6S/c1-4(5-11-9-3-14(5)2)10-7-13-12-6(8)15-7/h3-4H,1-2H3,(H,10,13). The van der Waals surface area contributed by atoms with Crippen LogP contribution >= 0.6 is 27.3 Å². The molecule has 6 nitrogen and oxygen atoms in total. The highest BCUT2D eigenvalue weighted by Gasteiger charge is 2.12. The van der Waals surface area contributed by atoms with Crippen molar-refractivity contribution in [3.05, 3.63) is 16.1 Å². The first kappa shape index (κ1) is 10.5. The van der Waals surface area contributed by atoms with Gasteiger partial charge in [0.2, 0.25) is 5.13 Å². The van der Waals surface area contributed by atoms with Crippen molar-refractivity contribution in [2.45, 2.75) is 13.0 Å². The molecule has 80 valence electrons. The molecule has 0 amide bonds. The summed E-state index contributed by atoms with van der Waals surface area (Å²) in [5, 5.41) is 19.6. The molecule has 0 aliphatic carbocycles. The third-order valence-corrected chi connectivity index (χ3v) is 3.16. The average molecular weight is 289 g/mol. The Bertz CT molecular complexity index is 452. The first-order valence-electron chi connectivity index (χ1n) is 4.26. The van der Waals surface area contributed by atoms with Crippen LogP contribution in [-0.4, -0.2) is 25.0 Å². The van der Waals surface area contributed by atoms with Crippen molar-refractivity contribution >= 4 is 32.4 Å². The molecule has 2 rings (SSSR count). The van der Waals surface area contributed by atoms with Gasteiger partial charge in [0, 0.05) is 7.05 Å². The minimum absolute atomic E-state index is 0.0531. The predicted octanol–water partition coefficient (Wildman–Crippen LogP) is 1.60. The number of aryl methyl sites for hydroxylation is 1. The van der Waals surface area contributed by atoms with E-state index in [0.29, 0.717) is 0 Å². The number of nitrogens with one attached hydrogen (secondary N) is 1. The molecule has 2 heterocycles. The van der Waals surface area contributed by atoms with E-state index >= 15 is 0 Å². The van der Waals surface area contributed by atoms with Gasteiger partial charge < -0.3 is 9.88 Å². The predicted molar refractivity (Wildman–Crippen MR) is 60.6 cm³/mol. The summed E-state index contributed by atoms with van der Waals surface area (Å²) in [6, 6.07) is 0.0531. The molecule has 0 radical (unpaired) electrons. The minimum Gasteiger partial charge on any atom is -0.350 e. The summed E-state index contributed by atoms with van der Waals surface area (Å²) in [6.07, 6.45) is 1.67. The lowest BCUT2D eigenvalue weighted by molar-refractivity contribution is 0.717. The van der Waals surface area contributed by atoms with Crippen LogP contribution in [0, 0.1) is 0 Å². The van der Waals surface area contributed by atoms with E-state index in [0.717, 1.165) is 14.9 Å². The lowest BCUT2D eigenvalue weighted by Crippen LogP contribution is -2.11. The van der Waals surface area contributed by atoms with Gasteiger partial charge >= 0.3 is 0 Å². The van der Waals surface area contributed by atoms with Crippen molar-refractivity contribution in [2.24, 2.45) is 7.05 Å². The van der Waals surface area contributed by atoms with Crippen molar-refractivity contribution < 1.29 is 0 Å². The second-order valence-electron chi connectivity index (χ2n) is 3.03. The van der Waals surface area contributed by atoms with Gasteiger partial charge in [-0.2, -0.15) is 0 Å². The summed E-state index contributed by atoms with van der Waals surface area (Å²) in [4.78, 5) is 0. The summed E-state index contributed by atoms with van der Waals surface area (Å²) >= 11 is 4.70. The molecule has 0 aliphatic rings. The van der Waals surface area contributed by atoms with Crippen molar-refractivity contribution in [2.75, 3.05) is 5.32 Å². The highest BCUT2D eigenvalue weighted by molar-refractivity contribution is 9.11. The maximum absolute atomic E-state index is 4.01. The molecular weight excluding hydrogens is 280 g/mol. The van der Waals surface area contributed by atoms with Crippen molar-refractivity contribution in [3.63, 3.8) is 0 Å². The van der Waals surface area contributed by atoms with E-state index in [1.807, 2.05) is 18.5 Å². The third-order valence-electron chi connectivity index (χ3n) is 1.87. The highest BCUT2D eigenvalue weighted by Crippen LogP contribution is 2.23. The molecule has 0 saturated heterocycles. The van der Waals surface area contributed by atoms with Gasteiger partial charge in [-0.05, 0) is 22.9 Å². The summed E-state index contributed by atoms with van der Waals surface area (Å²) in [5.41, 5.74) is 0. The Balaban J connectivity index is 2.10. The van der Waals surface area contributed by atoms with E-state index in [1.165, 1.54) is 11.3 Å². The van der Waals surface area contributed by atoms with E-state index in [9.17, 15) is 0 Å². The molecule has 15 heavy (non-hydrogen) atoms. The molecule has 2 aromatic heterocycles. The van der Waals surface area contributed by atoms with Crippen LogP contribution in [0.5, 0.6) is 0 Å². The van der Waals surface area contributed by atoms with E-state index in [-0.39, 0.29) is 6.04 Å². The fraction of sp³-hybridized carbons (Fsp3) is 0.429. The Morgan fingerprint density at radius 3 is 2.80 bits per heavy atom. The summed E-state index contributed by atoms with van der Waals surface area (Å²) < 4.78 is 2.63. The first-order valence-corrected chi connectivity index (χ1v) is 5.87. The van der Waals surface area contributed by atoms with Crippen LogP contribution in [-0.2, 0) is 7.05 Å². The molecule has 1 atom stereocenters. The fourth-order valence-electron chi connectivity index (χ4n) is 1.20. The smallest absolute Gasteiger partial charge is 0.207 e. The Labute approximate surface area is 98.9 Å². The topological polar surface area (TPSA) is 68.5 Å². The van der Waals surface area contributed by atoms with Crippen molar-refractivity contribution in [1.29, 1.82) is 0 Å². The molecule has 0 aliphatic heterocycles. The van der Waals surface area contributed by atoms with E-state index in [2.05, 4.69) is 41.6 Å². The van der Waals surface area contributed by atoms with Crippen LogP contribution in [0.25, 0.3) is 0 Å². The number of nitrogens with zero attached hydrogens (tertiary/aromatic N) is 5. The molecule has 8 heteroatoms. The molecule has 0 saturated carbocycles. The lowest BCUT2D eigenvalue weighted by Gasteiger charge is -2.10. The molecule has 1 N–H and O–H groups in total. The lowest BCUT2D eigenvalue weighted by atomic mass is 10.3. The number of aromatic nitrogens is 5. The monoisotopic (exact) mass is 288 g/mol. The van der Waals surface area contributed by atoms with Gasteiger partial charge in [0.25, 0.3) is 0 Å². The Morgan fingerprint density at radius 1 is 1.47 bits per heavy atom. The van der Waals surface area contributed by atoms with Crippen LogP contribution in [0.1, 0.15) is 18.8 Å². The van der Waals surface area contributed by atoms with Gasteiger partial charge in [-0.15, -0.1) is 20.4 Å². The average Bonchev–Trinajstić information content (AvgIpc) is 2.75. The zero-order chi connectivity index (χ0) is 10.8. The zero-order valence-electron chi connectivity index (χ0n) is 8.18. The van der Waals surface area contributed by atoms with Gasteiger partial charge in [0.1, 0.15) is 6.33 Å². The molecule has 0 spiro atoms.